The van der Waals surface area contributed by atoms with E-state index in [1.807, 2.05) is 0 Å². The van der Waals surface area contributed by atoms with Crippen molar-refractivity contribution in [1.29, 1.82) is 0 Å². The maximum absolute atomic E-state index is 13.6. The van der Waals surface area contributed by atoms with Crippen LogP contribution in [-0.2, 0) is 6.54 Å². The van der Waals surface area contributed by atoms with Gasteiger partial charge in [0.15, 0.2) is 0 Å². The molecule has 0 aromatic carbocycles. The zero-order valence-electron chi connectivity index (χ0n) is 10.2. The molecule has 0 radical (unpaired) electrons. The van der Waals surface area contributed by atoms with E-state index in [1.165, 1.54) is 29.5 Å². The van der Waals surface area contributed by atoms with E-state index in [2.05, 4.69) is 20.6 Å². The van der Waals surface area contributed by atoms with Gasteiger partial charge in [-0.2, -0.15) is 14.6 Å². The first kappa shape index (κ1) is 12.9. The molecule has 0 bridgehead atoms. The number of aromatic nitrogens is 3. The minimum atomic E-state index is -0.482. The number of nitrogens with zero attached hydrogens (tertiary/aromatic N) is 4. The molecule has 0 saturated carbocycles. The van der Waals surface area contributed by atoms with Gasteiger partial charge >= 0.3 is 0 Å². The van der Waals surface area contributed by atoms with Crippen LogP contribution in [0.1, 0.15) is 22.8 Å². The molecule has 0 aliphatic rings. The summed E-state index contributed by atoms with van der Waals surface area (Å²) in [6, 6.07) is 3.11. The number of hydrazone groups is 1. The highest BCUT2D eigenvalue weighted by molar-refractivity contribution is 5.94. The molecule has 1 N–H and O–H groups in total. The fourth-order valence-electron chi connectivity index (χ4n) is 1.42. The summed E-state index contributed by atoms with van der Waals surface area (Å²) in [5.41, 5.74) is 2.95. The quantitative estimate of drug-likeness (QED) is 0.664. The number of pyridine rings is 1. The summed E-state index contributed by atoms with van der Waals surface area (Å²) in [7, 11) is 0. The Labute approximate surface area is 109 Å². The van der Waals surface area contributed by atoms with Crippen molar-refractivity contribution in [1.82, 2.24) is 20.2 Å². The number of halogens is 1. The molecule has 7 heteroatoms. The van der Waals surface area contributed by atoms with Gasteiger partial charge in [0.05, 0.1) is 18.0 Å². The lowest BCUT2D eigenvalue weighted by Gasteiger charge is -1.98. The van der Waals surface area contributed by atoms with Crippen LogP contribution >= 0.6 is 0 Å². The first-order valence-electron chi connectivity index (χ1n) is 5.67. The summed E-state index contributed by atoms with van der Waals surface area (Å²) in [4.78, 5) is 15.4. The van der Waals surface area contributed by atoms with Crippen LogP contribution in [0.4, 0.5) is 4.39 Å². The minimum absolute atomic E-state index is 0.219. The summed E-state index contributed by atoms with van der Waals surface area (Å²) >= 11 is 0. The molecule has 0 fully saturated rings. The van der Waals surface area contributed by atoms with E-state index in [9.17, 15) is 9.18 Å². The van der Waals surface area contributed by atoms with Gasteiger partial charge in [0, 0.05) is 24.5 Å². The van der Waals surface area contributed by atoms with E-state index < -0.39 is 5.95 Å². The SMILES string of the molecule is CCn1ncc(/C=N\NC(=O)c2ccncc2)c1F. The molecule has 0 unspecified atom stereocenters. The Hall–Kier alpha value is -2.57. The third-order valence-electron chi connectivity index (χ3n) is 2.41. The monoisotopic (exact) mass is 261 g/mol. The van der Waals surface area contributed by atoms with E-state index >= 15 is 0 Å². The van der Waals surface area contributed by atoms with E-state index in [0.717, 1.165) is 0 Å². The number of amides is 1. The van der Waals surface area contributed by atoms with Crippen LogP contribution in [-0.4, -0.2) is 26.9 Å². The van der Waals surface area contributed by atoms with Crippen LogP contribution in [0.5, 0.6) is 0 Å². The maximum Gasteiger partial charge on any atom is 0.271 e. The van der Waals surface area contributed by atoms with Crippen molar-refractivity contribution in [3.05, 3.63) is 47.8 Å². The molecular weight excluding hydrogens is 249 g/mol. The van der Waals surface area contributed by atoms with Gasteiger partial charge < -0.3 is 0 Å². The average molecular weight is 261 g/mol. The number of hydrogen-bond acceptors (Lipinski definition) is 4. The molecule has 0 aliphatic heterocycles. The van der Waals surface area contributed by atoms with Crippen molar-refractivity contribution in [2.24, 2.45) is 5.10 Å². The van der Waals surface area contributed by atoms with Crippen molar-refractivity contribution < 1.29 is 9.18 Å². The van der Waals surface area contributed by atoms with Gasteiger partial charge in [-0.05, 0) is 19.1 Å². The van der Waals surface area contributed by atoms with Crippen molar-refractivity contribution in [3.8, 4) is 0 Å². The van der Waals surface area contributed by atoms with Crippen LogP contribution < -0.4 is 5.43 Å². The molecular formula is C12H12FN5O. The first-order valence-corrected chi connectivity index (χ1v) is 5.67. The summed E-state index contributed by atoms with van der Waals surface area (Å²) in [6.45, 7) is 2.21. The lowest BCUT2D eigenvalue weighted by atomic mass is 10.3. The van der Waals surface area contributed by atoms with E-state index in [4.69, 9.17) is 0 Å². The molecule has 2 heterocycles. The number of rotatable bonds is 4. The summed E-state index contributed by atoms with van der Waals surface area (Å²) < 4.78 is 14.8. The number of carbonyl (C=O) groups is 1. The number of aryl methyl sites for hydroxylation is 1. The minimum Gasteiger partial charge on any atom is -0.267 e. The fourth-order valence-corrected chi connectivity index (χ4v) is 1.42. The second kappa shape index (κ2) is 5.85. The molecule has 0 saturated heterocycles. The molecule has 2 aromatic heterocycles. The van der Waals surface area contributed by atoms with Gasteiger partial charge in [0.1, 0.15) is 0 Å². The normalized spacial score (nSPS) is 10.8. The highest BCUT2D eigenvalue weighted by Gasteiger charge is 2.07. The fraction of sp³-hybridized carbons (Fsp3) is 0.167. The Morgan fingerprint density at radius 1 is 1.53 bits per heavy atom. The van der Waals surface area contributed by atoms with E-state index in [-0.39, 0.29) is 11.5 Å². The van der Waals surface area contributed by atoms with Gasteiger partial charge in [-0.1, -0.05) is 0 Å². The highest BCUT2D eigenvalue weighted by atomic mass is 19.1. The molecule has 2 aromatic rings. The Balaban J connectivity index is 2.00. The average Bonchev–Trinajstić information content (AvgIpc) is 2.80. The zero-order chi connectivity index (χ0) is 13.7. The molecule has 6 nitrogen and oxygen atoms in total. The Morgan fingerprint density at radius 3 is 2.89 bits per heavy atom. The van der Waals surface area contributed by atoms with Crippen LogP contribution in [0.25, 0.3) is 0 Å². The summed E-state index contributed by atoms with van der Waals surface area (Å²) in [5, 5.41) is 7.51. The van der Waals surface area contributed by atoms with Crippen LogP contribution in [0.3, 0.4) is 0 Å². The molecule has 1 amide bonds. The van der Waals surface area contributed by atoms with Gasteiger partial charge in [0.2, 0.25) is 5.95 Å². The molecule has 0 spiro atoms. The van der Waals surface area contributed by atoms with Crippen LogP contribution in [0, 0.1) is 5.95 Å². The van der Waals surface area contributed by atoms with Gasteiger partial charge in [-0.15, -0.1) is 0 Å². The third-order valence-corrected chi connectivity index (χ3v) is 2.41. The number of carbonyl (C=O) groups excluding carboxylic acids is 1. The van der Waals surface area contributed by atoms with Crippen molar-refractivity contribution >= 4 is 12.1 Å². The molecule has 0 atom stereocenters. The first-order chi connectivity index (χ1) is 9.22. The molecule has 2 rings (SSSR count). The van der Waals surface area contributed by atoms with Gasteiger partial charge in [-0.25, -0.2) is 10.1 Å². The zero-order valence-corrected chi connectivity index (χ0v) is 10.2. The Bertz CT molecular complexity index is 593. The molecule has 19 heavy (non-hydrogen) atoms. The van der Waals surface area contributed by atoms with Gasteiger partial charge in [0.25, 0.3) is 5.91 Å². The predicted molar refractivity (Wildman–Crippen MR) is 67.2 cm³/mol. The number of hydrogen-bond donors (Lipinski definition) is 1. The van der Waals surface area contributed by atoms with E-state index in [1.54, 1.807) is 19.1 Å². The summed E-state index contributed by atoms with van der Waals surface area (Å²) in [6.07, 6.45) is 5.57. The Kier molecular flexibility index (Phi) is 3.97. The second-order valence-electron chi connectivity index (χ2n) is 3.64. The van der Waals surface area contributed by atoms with Crippen molar-refractivity contribution in [2.45, 2.75) is 13.5 Å². The standard InChI is InChI=1S/C12H12FN5O/c1-2-18-11(13)10(8-16-18)7-15-17-12(19)9-3-5-14-6-4-9/h3-8H,2H2,1H3,(H,17,19)/b15-7-. The van der Waals surface area contributed by atoms with Gasteiger partial charge in [-0.3, -0.25) is 9.78 Å². The summed E-state index contributed by atoms with van der Waals surface area (Å²) in [5.74, 6) is -0.869. The van der Waals surface area contributed by atoms with E-state index in [0.29, 0.717) is 12.1 Å². The third kappa shape index (κ3) is 3.01. The largest absolute Gasteiger partial charge is 0.271 e. The topological polar surface area (TPSA) is 72.2 Å². The lowest BCUT2D eigenvalue weighted by molar-refractivity contribution is 0.0955. The molecule has 98 valence electrons. The second-order valence-corrected chi connectivity index (χ2v) is 3.64. The highest BCUT2D eigenvalue weighted by Crippen LogP contribution is 2.03. The smallest absolute Gasteiger partial charge is 0.267 e. The predicted octanol–water partition coefficient (Wildman–Crippen LogP) is 1.20. The van der Waals surface area contributed by atoms with Crippen LogP contribution in [0.2, 0.25) is 0 Å². The number of nitrogens with one attached hydrogen (secondary N) is 1. The van der Waals surface area contributed by atoms with Crippen molar-refractivity contribution in [2.75, 3.05) is 0 Å². The molecule has 0 aliphatic carbocycles. The Morgan fingerprint density at radius 2 is 2.26 bits per heavy atom. The lowest BCUT2D eigenvalue weighted by Crippen LogP contribution is -2.17. The van der Waals surface area contributed by atoms with Crippen molar-refractivity contribution in [3.63, 3.8) is 0 Å². The van der Waals surface area contributed by atoms with Crippen LogP contribution in [0.15, 0.2) is 35.8 Å². The maximum atomic E-state index is 13.6.